The first-order chi connectivity index (χ1) is 8.83. The summed E-state index contributed by atoms with van der Waals surface area (Å²) in [5.74, 6) is 0. The first-order valence-electron chi connectivity index (χ1n) is 6.68. The molecule has 0 radical (unpaired) electrons. The zero-order valence-electron chi connectivity index (χ0n) is 12.1. The van der Waals surface area contributed by atoms with E-state index < -0.39 is 0 Å². The molecule has 0 heterocycles. The van der Waals surface area contributed by atoms with Gasteiger partial charge in [0.2, 0.25) is 0 Å². The lowest BCUT2D eigenvalue weighted by Gasteiger charge is -2.31. The number of alkyl halides is 1. The molecule has 0 spiro atoms. The summed E-state index contributed by atoms with van der Waals surface area (Å²) in [5, 5.41) is 0. The summed E-state index contributed by atoms with van der Waals surface area (Å²) in [6, 6.07) is 19.0. The second-order valence-electron chi connectivity index (χ2n) is 6.16. The van der Waals surface area contributed by atoms with Gasteiger partial charge in [-0.3, -0.25) is 0 Å². The van der Waals surface area contributed by atoms with Crippen LogP contribution < -0.4 is 0 Å². The molecule has 0 bridgehead atoms. The highest BCUT2D eigenvalue weighted by Gasteiger charge is 2.31. The standard InChI is InChI=1S/C17H21ClSi/c1-16(2,3)14-11-7-8-12-15(14)17(18,19)13-9-5-4-6-10-13/h4-12H,1-3,19H3. The van der Waals surface area contributed by atoms with Gasteiger partial charge in [0.15, 0.2) is 0 Å². The summed E-state index contributed by atoms with van der Waals surface area (Å²) < 4.78 is -0.356. The van der Waals surface area contributed by atoms with Crippen molar-refractivity contribution in [2.75, 3.05) is 0 Å². The first kappa shape index (κ1) is 14.4. The zero-order valence-corrected chi connectivity index (χ0v) is 14.8. The molecule has 0 fully saturated rings. The number of benzene rings is 2. The zero-order chi connectivity index (χ0) is 14.1. The lowest BCUT2D eigenvalue weighted by atomic mass is 9.82. The fourth-order valence-corrected chi connectivity index (χ4v) is 3.51. The summed E-state index contributed by atoms with van der Waals surface area (Å²) in [5.41, 5.74) is 3.89. The fraction of sp³-hybridized carbons (Fsp3) is 0.294. The first-order valence-corrected chi connectivity index (χ1v) is 8.05. The lowest BCUT2D eigenvalue weighted by molar-refractivity contribution is 0.581. The predicted molar refractivity (Wildman–Crippen MR) is 88.2 cm³/mol. The summed E-state index contributed by atoms with van der Waals surface area (Å²) >= 11 is 6.96. The fourth-order valence-electron chi connectivity index (χ4n) is 2.45. The Morgan fingerprint density at radius 1 is 0.789 bits per heavy atom. The van der Waals surface area contributed by atoms with Crippen molar-refractivity contribution in [1.29, 1.82) is 0 Å². The molecule has 19 heavy (non-hydrogen) atoms. The van der Waals surface area contributed by atoms with Crippen LogP contribution in [0, 0.1) is 0 Å². The molecule has 2 aromatic rings. The number of hydrogen-bond acceptors (Lipinski definition) is 0. The van der Waals surface area contributed by atoms with E-state index in [2.05, 4.69) is 69.3 Å². The third kappa shape index (κ3) is 2.93. The smallest absolute Gasteiger partial charge is 0.0751 e. The highest BCUT2D eigenvalue weighted by atomic mass is 35.5. The van der Waals surface area contributed by atoms with Crippen molar-refractivity contribution in [3.05, 3.63) is 71.3 Å². The Kier molecular flexibility index (Phi) is 3.89. The van der Waals surface area contributed by atoms with Crippen LogP contribution in [0.2, 0.25) is 0 Å². The van der Waals surface area contributed by atoms with E-state index >= 15 is 0 Å². The van der Waals surface area contributed by atoms with Gasteiger partial charge in [0.25, 0.3) is 0 Å². The minimum atomic E-state index is -0.356. The van der Waals surface area contributed by atoms with Gasteiger partial charge in [-0.15, -0.1) is 11.6 Å². The van der Waals surface area contributed by atoms with Crippen molar-refractivity contribution in [2.45, 2.75) is 30.7 Å². The van der Waals surface area contributed by atoms with Crippen LogP contribution in [-0.2, 0) is 9.91 Å². The minimum absolute atomic E-state index is 0.107. The van der Waals surface area contributed by atoms with Crippen molar-refractivity contribution in [3.63, 3.8) is 0 Å². The molecule has 0 nitrogen and oxygen atoms in total. The normalized spacial score (nSPS) is 15.2. The van der Waals surface area contributed by atoms with Gasteiger partial charge < -0.3 is 0 Å². The molecule has 0 amide bonds. The lowest BCUT2D eigenvalue weighted by Crippen LogP contribution is -2.26. The monoisotopic (exact) mass is 288 g/mol. The van der Waals surface area contributed by atoms with Gasteiger partial charge in [-0.2, -0.15) is 0 Å². The second kappa shape index (κ2) is 5.14. The Balaban J connectivity index is 2.59. The van der Waals surface area contributed by atoms with E-state index in [4.69, 9.17) is 11.6 Å². The van der Waals surface area contributed by atoms with Crippen molar-refractivity contribution in [1.82, 2.24) is 0 Å². The number of halogens is 1. The summed E-state index contributed by atoms with van der Waals surface area (Å²) in [6.07, 6.45) is 0. The molecule has 1 unspecified atom stereocenters. The molecular formula is C17H21ClSi. The Bertz CT molecular complexity index is 553. The van der Waals surface area contributed by atoms with Gasteiger partial charge in [0.05, 0.1) is 4.50 Å². The van der Waals surface area contributed by atoms with Crippen LogP contribution in [0.15, 0.2) is 54.6 Å². The van der Waals surface area contributed by atoms with Crippen LogP contribution in [-0.4, -0.2) is 10.2 Å². The third-order valence-corrected chi connectivity index (χ3v) is 5.09. The maximum absolute atomic E-state index is 6.96. The van der Waals surface area contributed by atoms with Gasteiger partial charge >= 0.3 is 0 Å². The molecular weight excluding hydrogens is 268 g/mol. The van der Waals surface area contributed by atoms with E-state index in [0.29, 0.717) is 0 Å². The Morgan fingerprint density at radius 3 is 1.79 bits per heavy atom. The van der Waals surface area contributed by atoms with Crippen molar-refractivity contribution < 1.29 is 0 Å². The van der Waals surface area contributed by atoms with E-state index in [1.165, 1.54) is 16.7 Å². The molecule has 1 atom stereocenters. The molecule has 0 aliphatic carbocycles. The van der Waals surface area contributed by atoms with Crippen LogP contribution in [0.4, 0.5) is 0 Å². The van der Waals surface area contributed by atoms with Crippen LogP contribution in [0.3, 0.4) is 0 Å². The van der Waals surface area contributed by atoms with E-state index in [-0.39, 0.29) is 9.91 Å². The van der Waals surface area contributed by atoms with Gasteiger partial charge in [-0.25, -0.2) is 0 Å². The molecule has 0 aliphatic heterocycles. The van der Waals surface area contributed by atoms with E-state index in [9.17, 15) is 0 Å². The minimum Gasteiger partial charge on any atom is -0.114 e. The van der Waals surface area contributed by atoms with Crippen LogP contribution in [0.5, 0.6) is 0 Å². The molecule has 0 aromatic heterocycles. The van der Waals surface area contributed by atoms with Crippen molar-refractivity contribution >= 4 is 21.8 Å². The topological polar surface area (TPSA) is 0 Å². The van der Waals surface area contributed by atoms with E-state index in [0.717, 1.165) is 10.2 Å². The van der Waals surface area contributed by atoms with E-state index in [1.807, 2.05) is 6.07 Å². The quantitative estimate of drug-likeness (QED) is 0.583. The molecule has 0 saturated carbocycles. The van der Waals surface area contributed by atoms with Crippen LogP contribution in [0.1, 0.15) is 37.5 Å². The Labute approximate surface area is 124 Å². The SMILES string of the molecule is CC(C)(C)c1ccccc1C([SiH3])(Cl)c1ccccc1. The van der Waals surface area contributed by atoms with Crippen molar-refractivity contribution in [3.8, 4) is 0 Å². The van der Waals surface area contributed by atoms with Gasteiger partial charge in [0, 0.05) is 10.2 Å². The molecule has 2 heteroatoms. The molecule has 2 aromatic carbocycles. The van der Waals surface area contributed by atoms with Gasteiger partial charge in [0.1, 0.15) is 0 Å². The average molecular weight is 289 g/mol. The number of rotatable bonds is 2. The predicted octanol–water partition coefficient (Wildman–Crippen LogP) is 3.79. The highest BCUT2D eigenvalue weighted by molar-refractivity contribution is 6.46. The van der Waals surface area contributed by atoms with Crippen LogP contribution >= 0.6 is 11.6 Å². The molecule has 0 saturated heterocycles. The molecule has 0 N–H and O–H groups in total. The Hall–Kier alpha value is -1.05. The van der Waals surface area contributed by atoms with Gasteiger partial charge in [-0.05, 0) is 22.1 Å². The van der Waals surface area contributed by atoms with Gasteiger partial charge in [-0.1, -0.05) is 75.4 Å². The highest BCUT2D eigenvalue weighted by Crippen LogP contribution is 2.39. The largest absolute Gasteiger partial charge is 0.114 e. The average Bonchev–Trinajstić information content (AvgIpc) is 2.39. The summed E-state index contributed by atoms with van der Waals surface area (Å²) in [4.78, 5) is 0. The van der Waals surface area contributed by atoms with Crippen molar-refractivity contribution in [2.24, 2.45) is 0 Å². The summed E-state index contributed by atoms with van der Waals surface area (Å²) in [6.45, 7) is 6.72. The maximum Gasteiger partial charge on any atom is 0.0751 e. The molecule has 2 rings (SSSR count). The molecule has 0 aliphatic rings. The number of hydrogen-bond donors (Lipinski definition) is 0. The molecule has 100 valence electrons. The third-order valence-electron chi connectivity index (χ3n) is 3.56. The van der Waals surface area contributed by atoms with Crippen LogP contribution in [0.25, 0.3) is 0 Å². The summed E-state index contributed by atoms with van der Waals surface area (Å²) in [7, 11) is 0.871. The second-order valence-corrected chi connectivity index (χ2v) is 9.05. The Morgan fingerprint density at radius 2 is 1.26 bits per heavy atom. The maximum atomic E-state index is 6.96. The van der Waals surface area contributed by atoms with E-state index in [1.54, 1.807) is 0 Å².